The standard InChI is InChI=1S/C21H30O2/c1-5-20(6-2)17-12-13-21(20,7-3)18(14-17)15-8-10-16(11-9-15)19(22)23-4/h8-11,17-18H,5-7,12-14H2,1-4H3. The summed E-state index contributed by atoms with van der Waals surface area (Å²) in [5.41, 5.74) is 3.05. The number of ether oxygens (including phenoxy) is 1. The summed E-state index contributed by atoms with van der Waals surface area (Å²) in [6.45, 7) is 7.19. The smallest absolute Gasteiger partial charge is 0.337 e. The molecule has 2 fully saturated rings. The maximum atomic E-state index is 11.7. The predicted molar refractivity (Wildman–Crippen MR) is 93.6 cm³/mol. The first-order valence-electron chi connectivity index (χ1n) is 9.26. The van der Waals surface area contributed by atoms with Gasteiger partial charge in [0.25, 0.3) is 0 Å². The summed E-state index contributed by atoms with van der Waals surface area (Å²) < 4.78 is 4.82. The summed E-state index contributed by atoms with van der Waals surface area (Å²) >= 11 is 0. The van der Waals surface area contributed by atoms with Gasteiger partial charge in [0.15, 0.2) is 0 Å². The van der Waals surface area contributed by atoms with Crippen LogP contribution in [0, 0.1) is 16.7 Å². The van der Waals surface area contributed by atoms with E-state index in [9.17, 15) is 4.79 Å². The molecule has 0 amide bonds. The molecule has 2 nitrogen and oxygen atoms in total. The highest BCUT2D eigenvalue weighted by Gasteiger charge is 2.65. The molecule has 2 heteroatoms. The predicted octanol–water partition coefficient (Wildman–Crippen LogP) is 5.57. The van der Waals surface area contributed by atoms with Crippen molar-refractivity contribution in [2.45, 2.75) is 65.2 Å². The Morgan fingerprint density at radius 2 is 1.78 bits per heavy atom. The van der Waals surface area contributed by atoms with Crippen LogP contribution in [0.5, 0.6) is 0 Å². The highest BCUT2D eigenvalue weighted by molar-refractivity contribution is 5.89. The second-order valence-electron chi connectivity index (χ2n) is 7.51. The minimum atomic E-state index is -0.244. The van der Waals surface area contributed by atoms with Gasteiger partial charge in [-0.15, -0.1) is 0 Å². The van der Waals surface area contributed by atoms with Crippen molar-refractivity contribution < 1.29 is 9.53 Å². The van der Waals surface area contributed by atoms with Gasteiger partial charge in [0, 0.05) is 0 Å². The molecule has 0 radical (unpaired) electrons. The Labute approximate surface area is 140 Å². The normalized spacial score (nSPS) is 31.3. The number of carbonyl (C=O) groups is 1. The summed E-state index contributed by atoms with van der Waals surface area (Å²) in [7, 11) is 1.44. The quantitative estimate of drug-likeness (QED) is 0.664. The van der Waals surface area contributed by atoms with Crippen molar-refractivity contribution >= 4 is 5.97 Å². The molecule has 2 bridgehead atoms. The van der Waals surface area contributed by atoms with E-state index in [-0.39, 0.29) is 5.97 Å². The average molecular weight is 314 g/mol. The fourth-order valence-corrected chi connectivity index (χ4v) is 6.47. The zero-order valence-electron chi connectivity index (χ0n) is 15.0. The highest BCUT2D eigenvalue weighted by atomic mass is 16.5. The van der Waals surface area contributed by atoms with Gasteiger partial charge in [-0.25, -0.2) is 4.79 Å². The van der Waals surface area contributed by atoms with Crippen molar-refractivity contribution in [1.29, 1.82) is 0 Å². The summed E-state index contributed by atoms with van der Waals surface area (Å²) in [5, 5.41) is 0. The Balaban J connectivity index is 1.96. The number of fused-ring (bicyclic) bond motifs is 2. The molecule has 2 saturated carbocycles. The third-order valence-corrected chi connectivity index (χ3v) is 7.53. The Morgan fingerprint density at radius 1 is 1.13 bits per heavy atom. The Kier molecular flexibility index (Phi) is 4.29. The van der Waals surface area contributed by atoms with Gasteiger partial charge < -0.3 is 4.74 Å². The third-order valence-electron chi connectivity index (χ3n) is 7.53. The first-order chi connectivity index (χ1) is 11.1. The number of esters is 1. The molecule has 2 aliphatic rings. The van der Waals surface area contributed by atoms with Crippen LogP contribution < -0.4 is 0 Å². The average Bonchev–Trinajstić information content (AvgIpc) is 3.08. The topological polar surface area (TPSA) is 26.3 Å². The van der Waals surface area contributed by atoms with Crippen LogP contribution in [0.3, 0.4) is 0 Å². The van der Waals surface area contributed by atoms with Crippen LogP contribution in [0.25, 0.3) is 0 Å². The van der Waals surface area contributed by atoms with Gasteiger partial charge in [-0.1, -0.05) is 32.9 Å². The van der Waals surface area contributed by atoms with E-state index in [1.54, 1.807) is 0 Å². The molecule has 126 valence electrons. The van der Waals surface area contributed by atoms with Crippen molar-refractivity contribution in [3.05, 3.63) is 35.4 Å². The molecule has 2 aliphatic carbocycles. The SMILES string of the molecule is CCC1(CC)C2CCC1(CC)C(c1ccc(C(=O)OC)cc1)C2. The van der Waals surface area contributed by atoms with Crippen LogP contribution in [0.2, 0.25) is 0 Å². The van der Waals surface area contributed by atoms with Gasteiger partial charge in [-0.05, 0) is 78.9 Å². The zero-order chi connectivity index (χ0) is 16.7. The van der Waals surface area contributed by atoms with Crippen molar-refractivity contribution in [3.8, 4) is 0 Å². The van der Waals surface area contributed by atoms with Crippen LogP contribution in [-0.4, -0.2) is 13.1 Å². The molecule has 0 spiro atoms. The second kappa shape index (κ2) is 5.96. The number of rotatable bonds is 5. The van der Waals surface area contributed by atoms with Crippen LogP contribution >= 0.6 is 0 Å². The zero-order valence-corrected chi connectivity index (χ0v) is 15.0. The maximum Gasteiger partial charge on any atom is 0.337 e. The number of benzene rings is 1. The van der Waals surface area contributed by atoms with Gasteiger partial charge in [0.1, 0.15) is 0 Å². The lowest BCUT2D eigenvalue weighted by Gasteiger charge is -2.46. The summed E-state index contributed by atoms with van der Waals surface area (Å²) in [6, 6.07) is 8.22. The van der Waals surface area contributed by atoms with E-state index >= 15 is 0 Å². The number of carbonyl (C=O) groups excluding carboxylic acids is 1. The molecule has 3 unspecified atom stereocenters. The largest absolute Gasteiger partial charge is 0.465 e. The van der Waals surface area contributed by atoms with Gasteiger partial charge in [0.05, 0.1) is 12.7 Å². The number of hydrogen-bond acceptors (Lipinski definition) is 2. The van der Waals surface area contributed by atoms with Crippen molar-refractivity contribution in [2.24, 2.45) is 16.7 Å². The molecule has 3 atom stereocenters. The Bertz CT molecular complexity index is 570. The molecule has 0 N–H and O–H groups in total. The van der Waals surface area contributed by atoms with Crippen molar-refractivity contribution in [2.75, 3.05) is 7.11 Å². The number of methoxy groups -OCH3 is 1. The van der Waals surface area contributed by atoms with Gasteiger partial charge in [-0.3, -0.25) is 0 Å². The molecular weight excluding hydrogens is 284 g/mol. The highest BCUT2D eigenvalue weighted by Crippen LogP contribution is 2.74. The van der Waals surface area contributed by atoms with E-state index in [0.29, 0.717) is 22.3 Å². The van der Waals surface area contributed by atoms with E-state index in [1.165, 1.54) is 51.2 Å². The van der Waals surface area contributed by atoms with Gasteiger partial charge >= 0.3 is 5.97 Å². The Morgan fingerprint density at radius 3 is 2.30 bits per heavy atom. The lowest BCUT2D eigenvalue weighted by atomic mass is 9.58. The van der Waals surface area contributed by atoms with E-state index in [2.05, 4.69) is 32.9 Å². The molecule has 1 aromatic carbocycles. The van der Waals surface area contributed by atoms with Crippen molar-refractivity contribution in [1.82, 2.24) is 0 Å². The van der Waals surface area contributed by atoms with Gasteiger partial charge in [-0.2, -0.15) is 0 Å². The van der Waals surface area contributed by atoms with E-state index in [1.807, 2.05) is 12.1 Å². The molecule has 0 aromatic heterocycles. The fraction of sp³-hybridized carbons (Fsp3) is 0.667. The monoisotopic (exact) mass is 314 g/mol. The molecule has 3 rings (SSSR count). The molecular formula is C21H30O2. The maximum absolute atomic E-state index is 11.7. The molecule has 0 saturated heterocycles. The van der Waals surface area contributed by atoms with E-state index in [4.69, 9.17) is 4.74 Å². The van der Waals surface area contributed by atoms with E-state index < -0.39 is 0 Å². The second-order valence-corrected chi connectivity index (χ2v) is 7.51. The summed E-state index contributed by atoms with van der Waals surface area (Å²) in [5.74, 6) is 1.28. The lowest BCUT2D eigenvalue weighted by molar-refractivity contribution is 0.0562. The Hall–Kier alpha value is -1.31. The first-order valence-corrected chi connectivity index (χ1v) is 9.26. The lowest BCUT2D eigenvalue weighted by Crippen LogP contribution is -2.37. The first kappa shape index (κ1) is 16.5. The fourth-order valence-electron chi connectivity index (χ4n) is 6.47. The van der Waals surface area contributed by atoms with Crippen LogP contribution in [0.1, 0.15) is 81.1 Å². The minimum Gasteiger partial charge on any atom is -0.465 e. The van der Waals surface area contributed by atoms with Crippen LogP contribution in [0.4, 0.5) is 0 Å². The van der Waals surface area contributed by atoms with Crippen LogP contribution in [0.15, 0.2) is 24.3 Å². The third kappa shape index (κ3) is 2.10. The summed E-state index contributed by atoms with van der Waals surface area (Å²) in [4.78, 5) is 11.7. The van der Waals surface area contributed by atoms with Crippen LogP contribution in [-0.2, 0) is 4.74 Å². The summed E-state index contributed by atoms with van der Waals surface area (Å²) in [6.07, 6.45) is 7.99. The van der Waals surface area contributed by atoms with E-state index in [0.717, 1.165) is 5.92 Å². The number of hydrogen-bond donors (Lipinski definition) is 0. The molecule has 1 aromatic rings. The minimum absolute atomic E-state index is 0.244. The molecule has 0 aliphatic heterocycles. The van der Waals surface area contributed by atoms with Crippen molar-refractivity contribution in [3.63, 3.8) is 0 Å². The molecule has 0 heterocycles. The van der Waals surface area contributed by atoms with Gasteiger partial charge in [0.2, 0.25) is 0 Å². The molecule has 23 heavy (non-hydrogen) atoms.